The third kappa shape index (κ3) is 2.47. The molecule has 3 nitrogen and oxygen atoms in total. The Bertz CT molecular complexity index is 764. The van der Waals surface area contributed by atoms with Crippen molar-refractivity contribution in [2.75, 3.05) is 12.4 Å². The zero-order valence-corrected chi connectivity index (χ0v) is 12.5. The van der Waals surface area contributed by atoms with E-state index in [1.165, 1.54) is 10.3 Å². The third-order valence-corrected chi connectivity index (χ3v) is 4.15. The van der Waals surface area contributed by atoms with Crippen molar-refractivity contribution in [3.8, 4) is 5.75 Å². The molecule has 3 rings (SSSR count). The van der Waals surface area contributed by atoms with E-state index in [-0.39, 0.29) is 0 Å². The lowest BCUT2D eigenvalue weighted by atomic mass is 10.2. The lowest BCUT2D eigenvalue weighted by Crippen LogP contribution is -1.93. The second kappa shape index (κ2) is 5.13. The van der Waals surface area contributed by atoms with Gasteiger partial charge in [0.05, 0.1) is 17.3 Å². The van der Waals surface area contributed by atoms with Crippen LogP contribution in [0.4, 0.5) is 10.8 Å². The first-order valence-corrected chi connectivity index (χ1v) is 7.26. The van der Waals surface area contributed by atoms with E-state index >= 15 is 0 Å². The lowest BCUT2D eigenvalue weighted by Gasteiger charge is -2.08. The van der Waals surface area contributed by atoms with Gasteiger partial charge < -0.3 is 10.1 Å². The van der Waals surface area contributed by atoms with Crippen molar-refractivity contribution in [1.29, 1.82) is 0 Å². The molecule has 1 N–H and O–H groups in total. The maximum atomic E-state index is 5.22. The highest BCUT2D eigenvalue weighted by atomic mass is 32.1. The Morgan fingerprint density at radius 1 is 1.10 bits per heavy atom. The normalized spacial score (nSPS) is 10.8. The van der Waals surface area contributed by atoms with Crippen LogP contribution < -0.4 is 10.1 Å². The van der Waals surface area contributed by atoms with E-state index in [2.05, 4.69) is 42.3 Å². The molecule has 0 bridgehead atoms. The number of aryl methyl sites for hydroxylation is 2. The first-order valence-electron chi connectivity index (χ1n) is 6.44. The van der Waals surface area contributed by atoms with Gasteiger partial charge in [0, 0.05) is 5.69 Å². The number of ether oxygens (including phenoxy) is 1. The molecule has 4 heteroatoms. The van der Waals surface area contributed by atoms with E-state index in [1.54, 1.807) is 18.4 Å². The first-order chi connectivity index (χ1) is 9.65. The van der Waals surface area contributed by atoms with Crippen LogP contribution in [0.15, 0.2) is 36.4 Å². The van der Waals surface area contributed by atoms with Crippen molar-refractivity contribution in [3.63, 3.8) is 0 Å². The number of benzene rings is 2. The summed E-state index contributed by atoms with van der Waals surface area (Å²) in [4.78, 5) is 4.61. The molecule has 20 heavy (non-hydrogen) atoms. The highest BCUT2D eigenvalue weighted by Gasteiger charge is 2.06. The predicted octanol–water partition coefficient (Wildman–Crippen LogP) is 4.67. The minimum absolute atomic E-state index is 0.868. The van der Waals surface area contributed by atoms with Gasteiger partial charge >= 0.3 is 0 Å². The summed E-state index contributed by atoms with van der Waals surface area (Å²) in [5, 5.41) is 4.30. The maximum Gasteiger partial charge on any atom is 0.188 e. The van der Waals surface area contributed by atoms with E-state index in [9.17, 15) is 0 Å². The maximum absolute atomic E-state index is 5.22. The molecule has 1 heterocycles. The van der Waals surface area contributed by atoms with Gasteiger partial charge in [-0.1, -0.05) is 17.4 Å². The molecule has 0 radical (unpaired) electrons. The number of methoxy groups -OCH3 is 1. The fourth-order valence-electron chi connectivity index (χ4n) is 2.10. The molecular formula is C16H16N2OS. The summed E-state index contributed by atoms with van der Waals surface area (Å²) in [6.45, 7) is 4.15. The molecule has 0 unspecified atom stereocenters. The quantitative estimate of drug-likeness (QED) is 0.759. The van der Waals surface area contributed by atoms with Crippen molar-refractivity contribution in [2.45, 2.75) is 13.8 Å². The zero-order chi connectivity index (χ0) is 14.1. The molecule has 0 aliphatic heterocycles. The van der Waals surface area contributed by atoms with Gasteiger partial charge in [-0.05, 0) is 55.3 Å². The van der Waals surface area contributed by atoms with Gasteiger partial charge in [0.25, 0.3) is 0 Å². The SMILES string of the molecule is COc1ccc(Nc2nc3ccc(C)cc3s2)c(C)c1. The van der Waals surface area contributed by atoms with E-state index in [0.717, 1.165) is 27.6 Å². The smallest absolute Gasteiger partial charge is 0.188 e. The fraction of sp³-hybridized carbons (Fsp3) is 0.188. The standard InChI is InChI=1S/C16H16N2OS/c1-10-4-6-14-15(8-10)20-16(18-14)17-13-7-5-12(19-3)9-11(13)2/h4-9H,1-3H3,(H,17,18). The molecule has 0 amide bonds. The number of thiazole rings is 1. The summed E-state index contributed by atoms with van der Waals surface area (Å²) in [5.74, 6) is 0.868. The Kier molecular flexibility index (Phi) is 3.32. The second-order valence-corrected chi connectivity index (χ2v) is 5.83. The molecule has 0 spiro atoms. The van der Waals surface area contributed by atoms with E-state index < -0.39 is 0 Å². The number of hydrogen-bond acceptors (Lipinski definition) is 4. The van der Waals surface area contributed by atoms with Crippen molar-refractivity contribution in [3.05, 3.63) is 47.5 Å². The molecule has 0 fully saturated rings. The van der Waals surface area contributed by atoms with Gasteiger partial charge in [0.2, 0.25) is 0 Å². The zero-order valence-electron chi connectivity index (χ0n) is 11.7. The Hall–Kier alpha value is -2.07. The highest BCUT2D eigenvalue weighted by Crippen LogP contribution is 2.30. The number of rotatable bonds is 3. The second-order valence-electron chi connectivity index (χ2n) is 4.80. The monoisotopic (exact) mass is 284 g/mol. The molecular weight excluding hydrogens is 268 g/mol. The average Bonchev–Trinajstić information content (AvgIpc) is 2.82. The summed E-state index contributed by atoms with van der Waals surface area (Å²) in [5.41, 5.74) is 4.49. The van der Waals surface area contributed by atoms with Gasteiger partial charge in [0.1, 0.15) is 5.75 Å². The molecule has 0 aliphatic rings. The van der Waals surface area contributed by atoms with Crippen LogP contribution in [-0.4, -0.2) is 12.1 Å². The number of nitrogens with one attached hydrogen (secondary N) is 1. The van der Waals surface area contributed by atoms with Crippen molar-refractivity contribution < 1.29 is 4.74 Å². The molecule has 0 aliphatic carbocycles. The highest BCUT2D eigenvalue weighted by molar-refractivity contribution is 7.22. The van der Waals surface area contributed by atoms with Crippen LogP contribution in [0.3, 0.4) is 0 Å². The number of anilines is 2. The molecule has 102 valence electrons. The van der Waals surface area contributed by atoms with Crippen molar-refractivity contribution >= 4 is 32.4 Å². The largest absolute Gasteiger partial charge is 0.497 e. The van der Waals surface area contributed by atoms with Crippen LogP contribution in [0.2, 0.25) is 0 Å². The number of nitrogens with zero attached hydrogens (tertiary/aromatic N) is 1. The Balaban J connectivity index is 1.92. The number of fused-ring (bicyclic) bond motifs is 1. The van der Waals surface area contributed by atoms with Crippen LogP contribution in [0.25, 0.3) is 10.2 Å². The topological polar surface area (TPSA) is 34.1 Å². The minimum Gasteiger partial charge on any atom is -0.497 e. The molecule has 3 aromatic rings. The molecule has 0 saturated heterocycles. The van der Waals surface area contributed by atoms with Crippen molar-refractivity contribution in [1.82, 2.24) is 4.98 Å². The van der Waals surface area contributed by atoms with Gasteiger partial charge in [-0.3, -0.25) is 0 Å². The Morgan fingerprint density at radius 2 is 1.95 bits per heavy atom. The fourth-order valence-corrected chi connectivity index (χ4v) is 3.08. The molecule has 1 aromatic heterocycles. The van der Waals surface area contributed by atoms with Crippen LogP contribution in [0.1, 0.15) is 11.1 Å². The predicted molar refractivity (Wildman–Crippen MR) is 85.4 cm³/mol. The molecule has 2 aromatic carbocycles. The lowest BCUT2D eigenvalue weighted by molar-refractivity contribution is 0.414. The minimum atomic E-state index is 0.868. The molecule has 0 atom stereocenters. The number of aromatic nitrogens is 1. The van der Waals surface area contributed by atoms with Crippen LogP contribution >= 0.6 is 11.3 Å². The van der Waals surface area contributed by atoms with Crippen LogP contribution in [-0.2, 0) is 0 Å². The van der Waals surface area contributed by atoms with Crippen LogP contribution in [0, 0.1) is 13.8 Å². The summed E-state index contributed by atoms with van der Waals surface area (Å²) in [6.07, 6.45) is 0. The van der Waals surface area contributed by atoms with Gasteiger partial charge in [0.15, 0.2) is 5.13 Å². The van der Waals surface area contributed by atoms with E-state index in [1.807, 2.05) is 18.2 Å². The Labute approximate surface area is 122 Å². The number of hydrogen-bond donors (Lipinski definition) is 1. The third-order valence-electron chi connectivity index (χ3n) is 3.22. The molecule has 0 saturated carbocycles. The summed E-state index contributed by atoms with van der Waals surface area (Å²) in [7, 11) is 1.68. The van der Waals surface area contributed by atoms with Crippen LogP contribution in [0.5, 0.6) is 5.75 Å². The van der Waals surface area contributed by atoms with Gasteiger partial charge in [-0.15, -0.1) is 0 Å². The summed E-state index contributed by atoms with van der Waals surface area (Å²) in [6, 6.07) is 12.3. The summed E-state index contributed by atoms with van der Waals surface area (Å²) < 4.78 is 6.43. The Morgan fingerprint density at radius 3 is 2.70 bits per heavy atom. The first kappa shape index (κ1) is 12.9. The average molecular weight is 284 g/mol. The summed E-state index contributed by atoms with van der Waals surface area (Å²) >= 11 is 1.67. The van der Waals surface area contributed by atoms with E-state index in [4.69, 9.17) is 4.74 Å². The van der Waals surface area contributed by atoms with Crippen molar-refractivity contribution in [2.24, 2.45) is 0 Å². The van der Waals surface area contributed by atoms with Gasteiger partial charge in [-0.2, -0.15) is 0 Å². The van der Waals surface area contributed by atoms with Gasteiger partial charge in [-0.25, -0.2) is 4.98 Å². The van der Waals surface area contributed by atoms with E-state index in [0.29, 0.717) is 0 Å².